The number of aromatic nitrogens is 3. The van der Waals surface area contributed by atoms with Crippen molar-refractivity contribution >= 4 is 17.4 Å². The number of hydrogen-bond acceptors (Lipinski definition) is 3. The molecule has 2 aromatic heterocycles. The lowest BCUT2D eigenvalue weighted by Gasteiger charge is -2.14. The smallest absolute Gasteiger partial charge is 0.260 e. The largest absolute Gasteiger partial charge is 0.288 e. The van der Waals surface area contributed by atoms with Gasteiger partial charge in [0.15, 0.2) is 5.65 Å². The molecular weight excluding hydrogens is 240 g/mol. The van der Waals surface area contributed by atoms with Crippen LogP contribution in [-0.2, 0) is 6.54 Å². The number of carbonyl (C=O) groups excluding carboxylic acids is 1. The van der Waals surface area contributed by atoms with E-state index in [1.165, 1.54) is 0 Å². The number of carbonyl (C=O) groups is 1. The van der Waals surface area contributed by atoms with Gasteiger partial charge >= 0.3 is 0 Å². The zero-order valence-electron chi connectivity index (χ0n) is 10.0. The Morgan fingerprint density at radius 3 is 2.95 bits per heavy atom. The van der Waals surface area contributed by atoms with E-state index in [2.05, 4.69) is 9.97 Å². The molecule has 0 N–H and O–H groups in total. The fraction of sp³-hybridized carbons (Fsp3) is 0.0714. The summed E-state index contributed by atoms with van der Waals surface area (Å²) in [6.45, 7) is 0.588. The second-order valence-electron chi connectivity index (χ2n) is 4.47. The Kier molecular flexibility index (Phi) is 1.97. The number of hydrogen-bond donors (Lipinski definition) is 0. The molecule has 19 heavy (non-hydrogen) atoms. The quantitative estimate of drug-likeness (QED) is 0.662. The molecule has 0 atom stereocenters. The fourth-order valence-corrected chi connectivity index (χ4v) is 2.47. The molecule has 5 nitrogen and oxygen atoms in total. The molecule has 92 valence electrons. The van der Waals surface area contributed by atoms with Crippen LogP contribution in [-0.4, -0.2) is 20.3 Å². The van der Waals surface area contributed by atoms with Gasteiger partial charge in [0, 0.05) is 18.0 Å². The van der Waals surface area contributed by atoms with E-state index in [1.807, 2.05) is 34.9 Å². The van der Waals surface area contributed by atoms with Gasteiger partial charge in [-0.25, -0.2) is 4.98 Å². The van der Waals surface area contributed by atoms with Crippen LogP contribution >= 0.6 is 0 Å². The Morgan fingerprint density at radius 1 is 1.16 bits per heavy atom. The van der Waals surface area contributed by atoms with E-state index in [-0.39, 0.29) is 5.91 Å². The molecule has 0 fully saturated rings. The molecule has 1 aliphatic heterocycles. The molecule has 0 aliphatic carbocycles. The van der Waals surface area contributed by atoms with Crippen molar-refractivity contribution in [1.82, 2.24) is 14.4 Å². The van der Waals surface area contributed by atoms with Crippen LogP contribution in [0.2, 0.25) is 0 Å². The van der Waals surface area contributed by atoms with Crippen molar-refractivity contribution in [3.63, 3.8) is 0 Å². The Bertz CT molecular complexity index is 793. The van der Waals surface area contributed by atoms with Gasteiger partial charge in [-0.1, -0.05) is 18.2 Å². The average molecular weight is 250 g/mol. The van der Waals surface area contributed by atoms with Gasteiger partial charge in [-0.3, -0.25) is 19.1 Å². The first-order valence-electron chi connectivity index (χ1n) is 6.01. The number of rotatable bonds is 1. The number of nitrogens with zero attached hydrogens (tertiary/aromatic N) is 4. The van der Waals surface area contributed by atoms with Crippen LogP contribution in [0.4, 0.5) is 5.82 Å². The molecule has 0 unspecified atom stereocenters. The minimum absolute atomic E-state index is 0.0224. The molecule has 1 amide bonds. The van der Waals surface area contributed by atoms with Crippen LogP contribution in [0.25, 0.3) is 5.65 Å². The third kappa shape index (κ3) is 1.38. The van der Waals surface area contributed by atoms with Gasteiger partial charge in [0.1, 0.15) is 5.82 Å². The Hall–Kier alpha value is -2.69. The van der Waals surface area contributed by atoms with E-state index in [9.17, 15) is 4.79 Å². The summed E-state index contributed by atoms with van der Waals surface area (Å²) in [4.78, 5) is 22.4. The summed E-state index contributed by atoms with van der Waals surface area (Å²) in [7, 11) is 0. The van der Waals surface area contributed by atoms with Gasteiger partial charge in [-0.2, -0.15) is 0 Å². The molecular formula is C14H10N4O. The number of fused-ring (bicyclic) bond motifs is 2. The normalized spacial score (nSPS) is 14.1. The topological polar surface area (TPSA) is 50.5 Å². The molecule has 4 rings (SSSR count). The molecule has 0 bridgehead atoms. The highest BCUT2D eigenvalue weighted by atomic mass is 16.2. The monoisotopic (exact) mass is 250 g/mol. The van der Waals surface area contributed by atoms with Gasteiger partial charge in [-0.15, -0.1) is 0 Å². The summed E-state index contributed by atoms with van der Waals surface area (Å²) in [6, 6.07) is 7.69. The third-order valence-electron chi connectivity index (χ3n) is 3.40. The Labute approximate surface area is 109 Å². The van der Waals surface area contributed by atoms with Crippen LogP contribution in [0.15, 0.2) is 49.1 Å². The standard InChI is InChI=1S/C14H10N4O/c19-14-11-4-2-1-3-10(11)9-18(14)13-8-16-12-7-15-5-6-17(12)13/h1-8H,9H2. The van der Waals surface area contributed by atoms with Crippen LogP contribution in [0.5, 0.6) is 0 Å². The summed E-state index contributed by atoms with van der Waals surface area (Å²) in [5, 5.41) is 0. The average Bonchev–Trinajstić information content (AvgIpc) is 3.01. The molecule has 0 radical (unpaired) electrons. The number of benzene rings is 1. The van der Waals surface area contributed by atoms with E-state index in [0.717, 1.165) is 22.6 Å². The van der Waals surface area contributed by atoms with Crippen molar-refractivity contribution in [2.75, 3.05) is 4.90 Å². The van der Waals surface area contributed by atoms with Gasteiger partial charge < -0.3 is 0 Å². The molecule has 1 aliphatic rings. The minimum Gasteiger partial charge on any atom is -0.288 e. The van der Waals surface area contributed by atoms with Gasteiger partial charge in [0.2, 0.25) is 0 Å². The second-order valence-corrected chi connectivity index (χ2v) is 4.47. The SMILES string of the molecule is O=C1c2ccccc2CN1c1cnc2cnccn12. The molecule has 5 heteroatoms. The van der Waals surface area contributed by atoms with E-state index in [4.69, 9.17) is 0 Å². The van der Waals surface area contributed by atoms with E-state index in [1.54, 1.807) is 23.5 Å². The van der Waals surface area contributed by atoms with Crippen molar-refractivity contribution < 1.29 is 4.79 Å². The number of anilines is 1. The number of amides is 1. The predicted molar refractivity (Wildman–Crippen MR) is 69.9 cm³/mol. The fourth-order valence-electron chi connectivity index (χ4n) is 2.47. The summed E-state index contributed by atoms with van der Waals surface area (Å²) in [6.07, 6.45) is 6.89. The minimum atomic E-state index is 0.0224. The summed E-state index contributed by atoms with van der Waals surface area (Å²) in [5.41, 5.74) is 2.56. The molecule has 3 aromatic rings. The predicted octanol–water partition coefficient (Wildman–Crippen LogP) is 1.89. The number of imidazole rings is 1. The third-order valence-corrected chi connectivity index (χ3v) is 3.40. The highest BCUT2D eigenvalue weighted by Gasteiger charge is 2.29. The van der Waals surface area contributed by atoms with E-state index < -0.39 is 0 Å². The van der Waals surface area contributed by atoms with Crippen LogP contribution in [0, 0.1) is 0 Å². The van der Waals surface area contributed by atoms with Crippen LogP contribution in [0.1, 0.15) is 15.9 Å². The first-order valence-corrected chi connectivity index (χ1v) is 6.01. The maximum atomic E-state index is 12.4. The van der Waals surface area contributed by atoms with Crippen molar-refractivity contribution in [3.8, 4) is 0 Å². The molecule has 0 spiro atoms. The molecule has 3 heterocycles. The highest BCUT2D eigenvalue weighted by molar-refractivity contribution is 6.09. The van der Waals surface area contributed by atoms with Gasteiger partial charge in [0.05, 0.1) is 18.9 Å². The lowest BCUT2D eigenvalue weighted by atomic mass is 10.1. The zero-order valence-corrected chi connectivity index (χ0v) is 10.0. The van der Waals surface area contributed by atoms with Gasteiger partial charge in [0.25, 0.3) is 5.91 Å². The van der Waals surface area contributed by atoms with Crippen molar-refractivity contribution in [2.45, 2.75) is 6.54 Å². The van der Waals surface area contributed by atoms with E-state index in [0.29, 0.717) is 6.54 Å². The van der Waals surface area contributed by atoms with Crippen molar-refractivity contribution in [2.24, 2.45) is 0 Å². The molecule has 1 aromatic carbocycles. The molecule has 0 saturated heterocycles. The zero-order chi connectivity index (χ0) is 12.8. The maximum Gasteiger partial charge on any atom is 0.260 e. The van der Waals surface area contributed by atoms with Crippen molar-refractivity contribution in [3.05, 3.63) is 60.2 Å². The maximum absolute atomic E-state index is 12.4. The summed E-state index contributed by atoms with van der Waals surface area (Å²) < 4.78 is 1.87. The first kappa shape index (κ1) is 10.3. The lowest BCUT2D eigenvalue weighted by Crippen LogP contribution is -2.24. The Balaban J connectivity index is 1.85. The summed E-state index contributed by atoms with van der Waals surface area (Å²) >= 11 is 0. The molecule has 0 saturated carbocycles. The first-order chi connectivity index (χ1) is 9.34. The van der Waals surface area contributed by atoms with Crippen LogP contribution < -0.4 is 4.90 Å². The van der Waals surface area contributed by atoms with Crippen LogP contribution in [0.3, 0.4) is 0 Å². The highest BCUT2D eigenvalue weighted by Crippen LogP contribution is 2.28. The lowest BCUT2D eigenvalue weighted by molar-refractivity contribution is 0.0995. The van der Waals surface area contributed by atoms with E-state index >= 15 is 0 Å². The second kappa shape index (κ2) is 3.65. The van der Waals surface area contributed by atoms with Gasteiger partial charge in [-0.05, 0) is 11.6 Å². The Morgan fingerprint density at radius 2 is 2.05 bits per heavy atom. The van der Waals surface area contributed by atoms with Crippen molar-refractivity contribution in [1.29, 1.82) is 0 Å². The summed E-state index contributed by atoms with van der Waals surface area (Å²) in [5.74, 6) is 0.799.